The summed E-state index contributed by atoms with van der Waals surface area (Å²) in [7, 11) is 3.24. The predicted octanol–water partition coefficient (Wildman–Crippen LogP) is 2.37. The molecule has 3 fully saturated rings. The van der Waals surface area contributed by atoms with Crippen LogP contribution in [-0.4, -0.2) is 60.6 Å². The summed E-state index contributed by atoms with van der Waals surface area (Å²) in [4.78, 5) is 40.4. The number of hydrogen-bond acceptors (Lipinski definition) is 6. The summed E-state index contributed by atoms with van der Waals surface area (Å²) in [5.74, 6) is 1.27. The molecule has 9 nitrogen and oxygen atoms in total. The summed E-state index contributed by atoms with van der Waals surface area (Å²) in [5.41, 5.74) is 2.63. The lowest BCUT2D eigenvalue weighted by atomic mass is 9.77. The Hall–Kier alpha value is -2.81. The number of likely N-dealkylation sites (tertiary alicyclic amines) is 1. The molecule has 32 heavy (non-hydrogen) atoms. The van der Waals surface area contributed by atoms with Crippen LogP contribution in [0.25, 0.3) is 0 Å². The van der Waals surface area contributed by atoms with Gasteiger partial charge in [0.15, 0.2) is 0 Å². The number of nitrogens with zero attached hydrogens (tertiary/aromatic N) is 2. The van der Waals surface area contributed by atoms with Crippen molar-refractivity contribution in [1.29, 1.82) is 0 Å². The molecule has 1 aromatic carbocycles. The van der Waals surface area contributed by atoms with E-state index in [9.17, 15) is 14.4 Å². The van der Waals surface area contributed by atoms with E-state index in [0.29, 0.717) is 18.8 Å². The number of ether oxygens (including phenoxy) is 2. The Morgan fingerprint density at radius 1 is 1.19 bits per heavy atom. The molecular formula is C23H32N4O5. The van der Waals surface area contributed by atoms with Gasteiger partial charge in [0.1, 0.15) is 17.0 Å². The summed E-state index contributed by atoms with van der Waals surface area (Å²) in [6, 6.07) is 5.08. The number of urea groups is 1. The summed E-state index contributed by atoms with van der Waals surface area (Å²) in [5, 5.41) is 3.70. The van der Waals surface area contributed by atoms with Gasteiger partial charge < -0.3 is 14.8 Å². The van der Waals surface area contributed by atoms with E-state index in [1.807, 2.05) is 23.1 Å². The van der Waals surface area contributed by atoms with Gasteiger partial charge in [-0.3, -0.25) is 19.9 Å². The summed E-state index contributed by atoms with van der Waals surface area (Å²) in [6.07, 6.45) is 4.78. The molecule has 2 heterocycles. The number of carbonyl (C=O) groups is 3. The van der Waals surface area contributed by atoms with Crippen molar-refractivity contribution in [3.05, 3.63) is 23.8 Å². The number of rotatable bonds is 6. The maximum atomic E-state index is 13.0. The fraction of sp³-hybridized carbons (Fsp3) is 0.609. The van der Waals surface area contributed by atoms with Crippen molar-refractivity contribution in [2.75, 3.05) is 27.3 Å². The Kier molecular flexibility index (Phi) is 6.28. The molecule has 1 atom stereocenters. The first kappa shape index (κ1) is 22.4. The van der Waals surface area contributed by atoms with Crippen LogP contribution >= 0.6 is 0 Å². The minimum Gasteiger partial charge on any atom is -0.497 e. The van der Waals surface area contributed by atoms with Gasteiger partial charge >= 0.3 is 6.03 Å². The molecule has 0 radical (unpaired) electrons. The molecule has 1 aliphatic carbocycles. The van der Waals surface area contributed by atoms with E-state index in [-0.39, 0.29) is 24.4 Å². The van der Waals surface area contributed by atoms with Crippen LogP contribution < -0.4 is 20.2 Å². The maximum Gasteiger partial charge on any atom is 0.344 e. The van der Waals surface area contributed by atoms with E-state index in [1.165, 1.54) is 0 Å². The largest absolute Gasteiger partial charge is 0.497 e. The lowest BCUT2D eigenvalue weighted by Crippen LogP contribution is -2.52. The highest BCUT2D eigenvalue weighted by atomic mass is 16.5. The highest BCUT2D eigenvalue weighted by Crippen LogP contribution is 2.39. The maximum absolute atomic E-state index is 13.0. The Labute approximate surface area is 188 Å². The van der Waals surface area contributed by atoms with Gasteiger partial charge in [0.25, 0.3) is 11.8 Å². The first-order valence-electron chi connectivity index (χ1n) is 11.3. The average molecular weight is 445 g/mol. The van der Waals surface area contributed by atoms with Gasteiger partial charge in [-0.2, -0.15) is 5.01 Å². The van der Waals surface area contributed by atoms with Crippen LogP contribution in [-0.2, 0) is 9.59 Å². The summed E-state index contributed by atoms with van der Waals surface area (Å²) in [6.45, 7) is 2.96. The summed E-state index contributed by atoms with van der Waals surface area (Å²) >= 11 is 0. The molecule has 2 N–H and O–H groups in total. The molecule has 1 aromatic rings. The molecule has 0 unspecified atom stereocenters. The van der Waals surface area contributed by atoms with Gasteiger partial charge in [0.05, 0.1) is 20.8 Å². The van der Waals surface area contributed by atoms with Crippen LogP contribution in [0.4, 0.5) is 4.79 Å². The molecule has 1 spiro atoms. The van der Waals surface area contributed by atoms with Gasteiger partial charge in [-0.1, -0.05) is 6.92 Å². The van der Waals surface area contributed by atoms with Crippen molar-refractivity contribution in [3.8, 4) is 11.5 Å². The number of imide groups is 1. The first-order chi connectivity index (χ1) is 15.4. The Morgan fingerprint density at radius 2 is 1.94 bits per heavy atom. The highest BCUT2D eigenvalue weighted by Gasteiger charge is 2.53. The Bertz CT molecular complexity index is 896. The number of hydrogen-bond donors (Lipinski definition) is 2. The van der Waals surface area contributed by atoms with Gasteiger partial charge in [0.2, 0.25) is 0 Å². The minimum absolute atomic E-state index is 0.0138. The lowest BCUT2D eigenvalue weighted by Gasteiger charge is -2.33. The standard InChI is InChI=1S/C23H32N4O5/c1-15-8-10-23(11-9-15)21(29)27(22(30)24-23)25-20(28)14-26-12-4-5-18(26)17-13-16(31-2)6-7-19(17)32-3/h6-7,13,15,18H,4-5,8-12,14H2,1-3H3,(H,24,30)(H,25,28)/t15?,18-,23?/m1/s1. The molecule has 0 aromatic heterocycles. The van der Waals surface area contributed by atoms with Crippen molar-refractivity contribution in [2.45, 2.75) is 57.0 Å². The van der Waals surface area contributed by atoms with Crippen molar-refractivity contribution in [1.82, 2.24) is 20.7 Å². The zero-order chi connectivity index (χ0) is 22.9. The van der Waals surface area contributed by atoms with Crippen LogP contribution in [0, 0.1) is 5.92 Å². The van der Waals surface area contributed by atoms with E-state index in [2.05, 4.69) is 17.7 Å². The third kappa shape index (κ3) is 4.13. The fourth-order valence-corrected chi connectivity index (χ4v) is 5.13. The zero-order valence-corrected chi connectivity index (χ0v) is 19.0. The van der Waals surface area contributed by atoms with Crippen LogP contribution in [0.15, 0.2) is 18.2 Å². The Balaban J connectivity index is 1.43. The normalized spacial score (nSPS) is 28.2. The molecule has 2 aliphatic heterocycles. The quantitative estimate of drug-likeness (QED) is 0.654. The molecule has 1 saturated carbocycles. The van der Waals surface area contributed by atoms with Gasteiger partial charge in [0, 0.05) is 11.6 Å². The second-order valence-electron chi connectivity index (χ2n) is 9.11. The smallest absolute Gasteiger partial charge is 0.344 e. The number of carbonyl (C=O) groups excluding carboxylic acids is 3. The third-order valence-electron chi connectivity index (χ3n) is 7.03. The number of benzene rings is 1. The first-order valence-corrected chi connectivity index (χ1v) is 11.3. The minimum atomic E-state index is -0.874. The topological polar surface area (TPSA) is 100 Å². The fourth-order valence-electron chi connectivity index (χ4n) is 5.13. The van der Waals surface area contributed by atoms with E-state index in [4.69, 9.17) is 9.47 Å². The molecular weight excluding hydrogens is 412 g/mol. The monoisotopic (exact) mass is 444 g/mol. The second kappa shape index (κ2) is 8.97. The predicted molar refractivity (Wildman–Crippen MR) is 117 cm³/mol. The molecule has 4 rings (SSSR count). The highest BCUT2D eigenvalue weighted by molar-refractivity contribution is 6.08. The third-order valence-corrected chi connectivity index (χ3v) is 7.03. The number of nitrogens with one attached hydrogen (secondary N) is 2. The molecule has 0 bridgehead atoms. The van der Waals surface area contributed by atoms with Crippen molar-refractivity contribution >= 4 is 17.8 Å². The zero-order valence-electron chi connectivity index (χ0n) is 19.0. The van der Waals surface area contributed by atoms with E-state index >= 15 is 0 Å². The second-order valence-corrected chi connectivity index (χ2v) is 9.11. The van der Waals surface area contributed by atoms with Crippen molar-refractivity contribution in [3.63, 3.8) is 0 Å². The van der Waals surface area contributed by atoms with Crippen LogP contribution in [0.3, 0.4) is 0 Å². The van der Waals surface area contributed by atoms with Crippen molar-refractivity contribution < 1.29 is 23.9 Å². The summed E-state index contributed by atoms with van der Waals surface area (Å²) < 4.78 is 10.9. The molecule has 3 aliphatic rings. The van der Waals surface area contributed by atoms with Crippen LogP contribution in [0.1, 0.15) is 57.1 Å². The number of amides is 4. The van der Waals surface area contributed by atoms with E-state index in [0.717, 1.165) is 54.3 Å². The van der Waals surface area contributed by atoms with E-state index in [1.54, 1.807) is 14.2 Å². The molecule has 174 valence electrons. The average Bonchev–Trinajstić information content (AvgIpc) is 3.33. The molecule has 2 saturated heterocycles. The molecule has 9 heteroatoms. The van der Waals surface area contributed by atoms with Gasteiger partial charge in [-0.15, -0.1) is 0 Å². The van der Waals surface area contributed by atoms with Gasteiger partial charge in [-0.25, -0.2) is 4.79 Å². The van der Waals surface area contributed by atoms with Crippen LogP contribution in [0.5, 0.6) is 11.5 Å². The number of hydrazine groups is 1. The number of methoxy groups -OCH3 is 2. The van der Waals surface area contributed by atoms with Crippen molar-refractivity contribution in [2.24, 2.45) is 5.92 Å². The van der Waals surface area contributed by atoms with E-state index < -0.39 is 11.6 Å². The SMILES string of the molecule is COc1ccc(OC)c([C@H]2CCCN2CC(=O)NN2C(=O)NC3(CCC(C)CC3)C2=O)c1. The lowest BCUT2D eigenvalue weighted by molar-refractivity contribution is -0.140. The van der Waals surface area contributed by atoms with Gasteiger partial charge in [-0.05, 0) is 69.2 Å². The van der Waals surface area contributed by atoms with Crippen LogP contribution in [0.2, 0.25) is 0 Å². The Morgan fingerprint density at radius 3 is 2.62 bits per heavy atom. The molecule has 4 amide bonds.